The second kappa shape index (κ2) is 6.54. The van der Waals surface area contributed by atoms with Crippen LogP contribution >= 0.6 is 11.6 Å². The monoisotopic (exact) mass is 304 g/mol. The highest BCUT2D eigenvalue weighted by Crippen LogP contribution is 2.28. The van der Waals surface area contributed by atoms with Gasteiger partial charge in [0.2, 0.25) is 0 Å². The third-order valence-electron chi connectivity index (χ3n) is 3.83. The van der Waals surface area contributed by atoms with Crippen molar-refractivity contribution in [1.29, 1.82) is 0 Å². The standard InChI is InChI=1S/C17H21ClN2O/c1-2-20(12-15-4-3-9-21-15)17-8-5-13(10-16(17)18)11-19-14-6-7-14/h3-5,8-10,14,19H,2,6-7,11-12H2,1H3. The Hall–Kier alpha value is -1.45. The van der Waals surface area contributed by atoms with Crippen LogP contribution in [-0.2, 0) is 13.1 Å². The molecule has 1 fully saturated rings. The van der Waals surface area contributed by atoms with E-state index in [0.717, 1.165) is 42.1 Å². The maximum absolute atomic E-state index is 6.47. The molecule has 2 aromatic rings. The van der Waals surface area contributed by atoms with Crippen molar-refractivity contribution in [2.75, 3.05) is 11.4 Å². The molecule has 1 aliphatic rings. The molecule has 0 spiro atoms. The number of halogens is 1. The lowest BCUT2D eigenvalue weighted by Crippen LogP contribution is -2.22. The molecule has 3 nitrogen and oxygen atoms in total. The van der Waals surface area contributed by atoms with Gasteiger partial charge in [0.1, 0.15) is 5.76 Å². The Bertz CT molecular complexity index is 578. The Morgan fingerprint density at radius 3 is 2.81 bits per heavy atom. The molecule has 0 saturated heterocycles. The van der Waals surface area contributed by atoms with Crippen molar-refractivity contribution in [1.82, 2.24) is 5.32 Å². The molecule has 0 unspecified atom stereocenters. The van der Waals surface area contributed by atoms with Crippen LogP contribution in [0, 0.1) is 0 Å². The average Bonchev–Trinajstić information content (AvgIpc) is 3.18. The summed E-state index contributed by atoms with van der Waals surface area (Å²) in [5, 5.41) is 4.32. The molecular weight excluding hydrogens is 284 g/mol. The Kier molecular flexibility index (Phi) is 4.51. The van der Waals surface area contributed by atoms with Gasteiger partial charge < -0.3 is 14.6 Å². The summed E-state index contributed by atoms with van der Waals surface area (Å²) < 4.78 is 5.43. The smallest absolute Gasteiger partial charge is 0.123 e. The van der Waals surface area contributed by atoms with Crippen LogP contribution in [0.25, 0.3) is 0 Å². The van der Waals surface area contributed by atoms with E-state index >= 15 is 0 Å². The van der Waals surface area contributed by atoms with Crippen LogP contribution in [0.15, 0.2) is 41.0 Å². The number of furan rings is 1. The molecule has 3 rings (SSSR count). The Balaban J connectivity index is 1.70. The number of nitrogens with zero attached hydrogens (tertiary/aromatic N) is 1. The number of hydrogen-bond donors (Lipinski definition) is 1. The minimum Gasteiger partial charge on any atom is -0.467 e. The Labute approximate surface area is 130 Å². The van der Waals surface area contributed by atoms with Gasteiger partial charge in [-0.25, -0.2) is 0 Å². The van der Waals surface area contributed by atoms with Gasteiger partial charge in [0.15, 0.2) is 0 Å². The summed E-state index contributed by atoms with van der Waals surface area (Å²) in [5.74, 6) is 0.951. The normalized spacial score (nSPS) is 14.4. The zero-order chi connectivity index (χ0) is 14.7. The van der Waals surface area contributed by atoms with Crippen LogP contribution in [0.4, 0.5) is 5.69 Å². The van der Waals surface area contributed by atoms with Crippen LogP contribution in [0.3, 0.4) is 0 Å². The molecule has 0 bridgehead atoms. The maximum atomic E-state index is 6.47. The fourth-order valence-electron chi connectivity index (χ4n) is 2.42. The third kappa shape index (κ3) is 3.80. The highest BCUT2D eigenvalue weighted by atomic mass is 35.5. The number of hydrogen-bond acceptors (Lipinski definition) is 3. The van der Waals surface area contributed by atoms with Gasteiger partial charge in [0.25, 0.3) is 0 Å². The van der Waals surface area contributed by atoms with Crippen molar-refractivity contribution in [3.05, 3.63) is 52.9 Å². The van der Waals surface area contributed by atoms with Gasteiger partial charge in [-0.1, -0.05) is 17.7 Å². The number of nitrogens with one attached hydrogen (secondary N) is 1. The predicted octanol–water partition coefficient (Wildman–Crippen LogP) is 4.21. The largest absolute Gasteiger partial charge is 0.467 e. The quantitative estimate of drug-likeness (QED) is 0.830. The molecule has 1 aromatic carbocycles. The van der Waals surface area contributed by atoms with E-state index in [4.69, 9.17) is 16.0 Å². The minimum atomic E-state index is 0.717. The lowest BCUT2D eigenvalue weighted by Gasteiger charge is -2.23. The Morgan fingerprint density at radius 2 is 2.19 bits per heavy atom. The highest BCUT2D eigenvalue weighted by Gasteiger charge is 2.20. The van der Waals surface area contributed by atoms with Gasteiger partial charge in [-0.15, -0.1) is 0 Å². The zero-order valence-corrected chi connectivity index (χ0v) is 13.1. The lowest BCUT2D eigenvalue weighted by atomic mass is 10.2. The summed E-state index contributed by atoms with van der Waals surface area (Å²) in [4.78, 5) is 2.22. The summed E-state index contributed by atoms with van der Waals surface area (Å²) in [6.45, 7) is 4.65. The van der Waals surface area contributed by atoms with E-state index in [1.807, 2.05) is 12.1 Å². The fourth-order valence-corrected chi connectivity index (χ4v) is 2.75. The number of benzene rings is 1. The molecule has 1 heterocycles. The number of anilines is 1. The summed E-state index contributed by atoms with van der Waals surface area (Å²) in [6, 6.07) is 11.0. The first-order valence-electron chi connectivity index (χ1n) is 7.55. The SMILES string of the molecule is CCN(Cc1ccco1)c1ccc(CNC2CC2)cc1Cl. The molecule has 0 amide bonds. The minimum absolute atomic E-state index is 0.717. The molecule has 1 aromatic heterocycles. The molecule has 0 aliphatic heterocycles. The van der Waals surface area contributed by atoms with Crippen LogP contribution < -0.4 is 10.2 Å². The second-order valence-electron chi connectivity index (χ2n) is 5.53. The van der Waals surface area contributed by atoms with E-state index in [0.29, 0.717) is 0 Å². The molecular formula is C17H21ClN2O. The summed E-state index contributed by atoms with van der Waals surface area (Å²) in [5.41, 5.74) is 2.30. The van der Waals surface area contributed by atoms with E-state index in [1.54, 1.807) is 6.26 Å². The molecule has 4 heteroatoms. The lowest BCUT2D eigenvalue weighted by molar-refractivity contribution is 0.503. The van der Waals surface area contributed by atoms with Gasteiger partial charge in [0.05, 0.1) is 23.5 Å². The van der Waals surface area contributed by atoms with Crippen LogP contribution in [0.2, 0.25) is 5.02 Å². The fraction of sp³-hybridized carbons (Fsp3) is 0.412. The van der Waals surface area contributed by atoms with E-state index < -0.39 is 0 Å². The van der Waals surface area contributed by atoms with Gasteiger partial charge in [-0.05, 0) is 49.6 Å². The molecule has 21 heavy (non-hydrogen) atoms. The maximum Gasteiger partial charge on any atom is 0.123 e. The molecule has 0 radical (unpaired) electrons. The first-order valence-corrected chi connectivity index (χ1v) is 7.93. The van der Waals surface area contributed by atoms with Crippen LogP contribution in [-0.4, -0.2) is 12.6 Å². The summed E-state index contributed by atoms with van der Waals surface area (Å²) >= 11 is 6.47. The van der Waals surface area contributed by atoms with Crippen molar-refractivity contribution in [2.24, 2.45) is 0 Å². The first kappa shape index (κ1) is 14.5. The Morgan fingerprint density at radius 1 is 1.33 bits per heavy atom. The molecule has 0 atom stereocenters. The van der Waals surface area contributed by atoms with Gasteiger partial charge in [0, 0.05) is 19.1 Å². The summed E-state index contributed by atoms with van der Waals surface area (Å²) in [7, 11) is 0. The van der Waals surface area contributed by atoms with E-state index in [2.05, 4.69) is 35.3 Å². The number of rotatable bonds is 7. The van der Waals surface area contributed by atoms with Crippen LogP contribution in [0.5, 0.6) is 0 Å². The highest BCUT2D eigenvalue weighted by molar-refractivity contribution is 6.33. The topological polar surface area (TPSA) is 28.4 Å². The van der Waals surface area contributed by atoms with Crippen molar-refractivity contribution in [3.63, 3.8) is 0 Å². The van der Waals surface area contributed by atoms with Crippen molar-refractivity contribution in [2.45, 2.75) is 38.9 Å². The molecule has 1 aliphatic carbocycles. The second-order valence-corrected chi connectivity index (χ2v) is 5.94. The molecule has 1 N–H and O–H groups in total. The summed E-state index contributed by atoms with van der Waals surface area (Å²) in [6.07, 6.45) is 4.31. The van der Waals surface area contributed by atoms with Crippen molar-refractivity contribution < 1.29 is 4.42 Å². The zero-order valence-electron chi connectivity index (χ0n) is 12.3. The molecule has 112 valence electrons. The average molecular weight is 305 g/mol. The van der Waals surface area contributed by atoms with Gasteiger partial charge >= 0.3 is 0 Å². The third-order valence-corrected chi connectivity index (χ3v) is 4.14. The van der Waals surface area contributed by atoms with Crippen LogP contribution in [0.1, 0.15) is 31.1 Å². The van der Waals surface area contributed by atoms with E-state index in [1.165, 1.54) is 18.4 Å². The van der Waals surface area contributed by atoms with E-state index in [-0.39, 0.29) is 0 Å². The van der Waals surface area contributed by atoms with Crippen molar-refractivity contribution in [3.8, 4) is 0 Å². The van der Waals surface area contributed by atoms with E-state index in [9.17, 15) is 0 Å². The molecule has 1 saturated carbocycles. The van der Waals surface area contributed by atoms with Gasteiger partial charge in [-0.2, -0.15) is 0 Å². The van der Waals surface area contributed by atoms with Gasteiger partial charge in [-0.3, -0.25) is 0 Å². The first-order chi connectivity index (χ1) is 10.3. The van der Waals surface area contributed by atoms with Crippen molar-refractivity contribution >= 4 is 17.3 Å². The predicted molar refractivity (Wildman–Crippen MR) is 86.7 cm³/mol.